The van der Waals surface area contributed by atoms with Crippen LogP contribution in [-0.2, 0) is 22.7 Å². The maximum atomic E-state index is 13.0. The van der Waals surface area contributed by atoms with Gasteiger partial charge in [0.1, 0.15) is 6.04 Å². The number of benzene rings is 1. The van der Waals surface area contributed by atoms with E-state index < -0.39 is 6.04 Å². The summed E-state index contributed by atoms with van der Waals surface area (Å²) in [6.45, 7) is 7.85. The van der Waals surface area contributed by atoms with E-state index in [1.807, 2.05) is 12.1 Å². The Bertz CT molecular complexity index is 874. The summed E-state index contributed by atoms with van der Waals surface area (Å²) in [5.74, 6) is -0.712. The first kappa shape index (κ1) is 20.6. The number of carbonyl (C=O) groups is 3. The lowest BCUT2D eigenvalue weighted by Crippen LogP contribution is -2.52. The molecule has 166 valence electrons. The van der Waals surface area contributed by atoms with Crippen molar-refractivity contribution in [2.75, 3.05) is 39.3 Å². The zero-order valence-corrected chi connectivity index (χ0v) is 17.9. The number of hydrogen-bond donors (Lipinski definition) is 2. The highest BCUT2D eigenvalue weighted by Crippen LogP contribution is 2.28. The third kappa shape index (κ3) is 4.37. The Hall–Kier alpha value is -2.29. The van der Waals surface area contributed by atoms with E-state index >= 15 is 0 Å². The van der Waals surface area contributed by atoms with Crippen molar-refractivity contribution < 1.29 is 14.4 Å². The van der Waals surface area contributed by atoms with E-state index in [1.54, 1.807) is 4.90 Å². The summed E-state index contributed by atoms with van der Waals surface area (Å²) in [6.07, 6.45) is 3.27. The Balaban J connectivity index is 1.17. The molecule has 3 saturated heterocycles. The van der Waals surface area contributed by atoms with Crippen molar-refractivity contribution in [2.24, 2.45) is 0 Å². The third-order valence-corrected chi connectivity index (χ3v) is 7.10. The molecule has 0 radical (unpaired) electrons. The van der Waals surface area contributed by atoms with Crippen molar-refractivity contribution in [2.45, 2.75) is 50.9 Å². The van der Waals surface area contributed by atoms with Crippen molar-refractivity contribution in [1.29, 1.82) is 0 Å². The van der Waals surface area contributed by atoms with E-state index in [9.17, 15) is 14.4 Å². The van der Waals surface area contributed by atoms with Gasteiger partial charge in [0.2, 0.25) is 11.8 Å². The number of piperidine rings is 1. The van der Waals surface area contributed by atoms with E-state index in [4.69, 9.17) is 0 Å². The van der Waals surface area contributed by atoms with Crippen molar-refractivity contribution in [1.82, 2.24) is 25.3 Å². The molecule has 0 saturated carbocycles. The Labute approximate surface area is 182 Å². The minimum atomic E-state index is -0.552. The summed E-state index contributed by atoms with van der Waals surface area (Å²) in [6, 6.07) is 6.23. The molecule has 1 aromatic rings. The zero-order chi connectivity index (χ0) is 21.4. The van der Waals surface area contributed by atoms with Gasteiger partial charge in [-0.1, -0.05) is 12.1 Å². The number of fused-ring (bicyclic) bond motifs is 1. The molecule has 4 aliphatic rings. The smallest absolute Gasteiger partial charge is 0.255 e. The van der Waals surface area contributed by atoms with Crippen LogP contribution < -0.4 is 10.6 Å². The van der Waals surface area contributed by atoms with Crippen LogP contribution in [0.15, 0.2) is 18.2 Å². The molecule has 4 heterocycles. The molecule has 8 heteroatoms. The molecule has 3 fully saturated rings. The topological polar surface area (TPSA) is 85.0 Å². The van der Waals surface area contributed by atoms with Crippen LogP contribution >= 0.6 is 0 Å². The number of amides is 3. The number of hydrogen-bond acceptors (Lipinski definition) is 6. The summed E-state index contributed by atoms with van der Waals surface area (Å²) in [4.78, 5) is 43.3. The largest absolute Gasteiger partial charge is 0.322 e. The lowest BCUT2D eigenvalue weighted by Gasteiger charge is -2.36. The van der Waals surface area contributed by atoms with Gasteiger partial charge in [0, 0.05) is 63.8 Å². The predicted octanol–water partition coefficient (Wildman–Crippen LogP) is 0.317. The highest BCUT2D eigenvalue weighted by Gasteiger charge is 2.39. The predicted molar refractivity (Wildman–Crippen MR) is 115 cm³/mol. The van der Waals surface area contributed by atoms with E-state index in [0.717, 1.165) is 56.9 Å². The fourth-order valence-corrected chi connectivity index (χ4v) is 5.31. The normalized spacial score (nSPS) is 27.6. The molecule has 0 bridgehead atoms. The first-order valence-electron chi connectivity index (χ1n) is 11.5. The van der Waals surface area contributed by atoms with Crippen LogP contribution in [0.5, 0.6) is 0 Å². The minimum absolute atomic E-state index is 0.0970. The van der Waals surface area contributed by atoms with Gasteiger partial charge >= 0.3 is 0 Å². The maximum absolute atomic E-state index is 13.0. The second-order valence-electron chi connectivity index (χ2n) is 9.26. The first-order chi connectivity index (χ1) is 15.1. The van der Waals surface area contributed by atoms with Gasteiger partial charge in [0.25, 0.3) is 5.91 Å². The second-order valence-corrected chi connectivity index (χ2v) is 9.26. The molecular weight excluding hydrogens is 394 g/mol. The average molecular weight is 426 g/mol. The average Bonchev–Trinajstić information content (AvgIpc) is 3.38. The van der Waals surface area contributed by atoms with Crippen LogP contribution in [0.1, 0.15) is 47.2 Å². The van der Waals surface area contributed by atoms with Crippen LogP contribution in [0.4, 0.5) is 0 Å². The van der Waals surface area contributed by atoms with Gasteiger partial charge in [-0.05, 0) is 43.0 Å². The lowest BCUT2D eigenvalue weighted by atomic mass is 10.0. The standard InChI is InChI=1S/C23H31N5O3/c29-21-6-5-20(22(30)25-21)28-14-17-4-3-16(12-19(17)23(28)31)13-26-8-10-27(11-9-26)15-18-2-1-7-24-18/h3-4,12,18,20,24H,1-2,5-11,13-15H2,(H,25,29,30)/t18-,20?/m1/s1. The van der Waals surface area contributed by atoms with Crippen LogP contribution in [0.2, 0.25) is 0 Å². The number of piperazine rings is 1. The third-order valence-electron chi connectivity index (χ3n) is 7.10. The first-order valence-corrected chi connectivity index (χ1v) is 11.5. The number of rotatable bonds is 5. The van der Waals surface area contributed by atoms with Crippen molar-refractivity contribution in [3.8, 4) is 0 Å². The van der Waals surface area contributed by atoms with Crippen molar-refractivity contribution in [3.05, 3.63) is 34.9 Å². The SMILES string of the molecule is O=C1CCC(N2Cc3ccc(CN4CCN(C[C@H]5CCCN5)CC4)cc3C2=O)C(=O)N1. The lowest BCUT2D eigenvalue weighted by molar-refractivity contribution is -0.136. The van der Waals surface area contributed by atoms with Gasteiger partial charge in [-0.3, -0.25) is 29.5 Å². The summed E-state index contributed by atoms with van der Waals surface area (Å²) >= 11 is 0. The van der Waals surface area contributed by atoms with Crippen LogP contribution in [0.3, 0.4) is 0 Å². The molecule has 2 N–H and O–H groups in total. The van der Waals surface area contributed by atoms with Gasteiger partial charge in [0.05, 0.1) is 0 Å². The fourth-order valence-electron chi connectivity index (χ4n) is 5.31. The van der Waals surface area contributed by atoms with Gasteiger partial charge in [-0.15, -0.1) is 0 Å². The number of nitrogens with zero attached hydrogens (tertiary/aromatic N) is 3. The molecule has 1 unspecified atom stereocenters. The van der Waals surface area contributed by atoms with Crippen molar-refractivity contribution >= 4 is 17.7 Å². The molecule has 8 nitrogen and oxygen atoms in total. The molecule has 1 aromatic carbocycles. The minimum Gasteiger partial charge on any atom is -0.322 e. The van der Waals surface area contributed by atoms with Crippen LogP contribution in [-0.4, -0.2) is 83.8 Å². The number of carbonyl (C=O) groups excluding carboxylic acids is 3. The van der Waals surface area contributed by atoms with Gasteiger partial charge in [-0.2, -0.15) is 0 Å². The Kier molecular flexibility index (Phi) is 5.77. The monoisotopic (exact) mass is 425 g/mol. The Morgan fingerprint density at radius 1 is 1.00 bits per heavy atom. The van der Waals surface area contributed by atoms with E-state index in [2.05, 4.69) is 26.5 Å². The summed E-state index contributed by atoms with van der Waals surface area (Å²) in [7, 11) is 0. The summed E-state index contributed by atoms with van der Waals surface area (Å²) in [5, 5.41) is 5.94. The highest BCUT2D eigenvalue weighted by molar-refractivity contribution is 6.05. The number of nitrogens with one attached hydrogen (secondary N) is 2. The summed E-state index contributed by atoms with van der Waals surface area (Å²) < 4.78 is 0. The Morgan fingerprint density at radius 3 is 2.55 bits per heavy atom. The second kappa shape index (κ2) is 8.68. The molecule has 2 atom stereocenters. The fraction of sp³-hybridized carbons (Fsp3) is 0.609. The molecule has 4 aliphatic heterocycles. The molecular formula is C23H31N5O3. The number of imide groups is 1. The molecule has 5 rings (SSSR count). The Morgan fingerprint density at radius 2 is 1.81 bits per heavy atom. The maximum Gasteiger partial charge on any atom is 0.255 e. The molecule has 3 amide bonds. The zero-order valence-electron chi connectivity index (χ0n) is 17.9. The van der Waals surface area contributed by atoms with E-state index in [-0.39, 0.29) is 24.1 Å². The van der Waals surface area contributed by atoms with Crippen LogP contribution in [0.25, 0.3) is 0 Å². The summed E-state index contributed by atoms with van der Waals surface area (Å²) in [5.41, 5.74) is 2.81. The van der Waals surface area contributed by atoms with Gasteiger partial charge < -0.3 is 10.2 Å². The van der Waals surface area contributed by atoms with E-state index in [1.165, 1.54) is 12.8 Å². The quantitative estimate of drug-likeness (QED) is 0.661. The van der Waals surface area contributed by atoms with Gasteiger partial charge in [-0.25, -0.2) is 0 Å². The van der Waals surface area contributed by atoms with Crippen molar-refractivity contribution in [3.63, 3.8) is 0 Å². The molecule has 0 spiro atoms. The molecule has 0 aliphatic carbocycles. The highest BCUT2D eigenvalue weighted by atomic mass is 16.2. The molecule has 0 aromatic heterocycles. The van der Waals surface area contributed by atoms with E-state index in [0.29, 0.717) is 24.6 Å². The molecule has 31 heavy (non-hydrogen) atoms. The van der Waals surface area contributed by atoms with Gasteiger partial charge in [0.15, 0.2) is 0 Å². The van der Waals surface area contributed by atoms with Crippen LogP contribution in [0, 0.1) is 0 Å².